The summed E-state index contributed by atoms with van der Waals surface area (Å²) < 4.78 is 76.9. The largest absolute Gasteiger partial charge is 3.00 e. The summed E-state index contributed by atoms with van der Waals surface area (Å²) in [5.41, 5.74) is 0. The first-order valence-corrected chi connectivity index (χ1v) is 7.79. The molecule has 0 fully saturated rings. The van der Waals surface area contributed by atoms with E-state index in [-0.39, 0.29) is 52.4 Å². The molecule has 0 atom stereocenters. The Morgan fingerprint density at radius 1 is 0.500 bits per heavy atom. The van der Waals surface area contributed by atoms with Crippen molar-refractivity contribution in [2.45, 2.75) is 0 Å². The van der Waals surface area contributed by atoms with Crippen LogP contribution >= 0.6 is 0 Å². The first-order chi connectivity index (χ1) is 5.20. The molecule has 0 aromatic heterocycles. The average molecular weight is 799 g/mol. The second-order valence-electron chi connectivity index (χ2n) is 0.612. The first-order valence-electron chi connectivity index (χ1n) is 1.50. The van der Waals surface area contributed by atoms with Crippen LogP contribution < -0.4 is 25.1 Å². The topological polar surface area (TPSA) is 190 Å². The van der Waals surface area contributed by atoms with Crippen molar-refractivity contribution >= 4 is 95.9 Å². The van der Waals surface area contributed by atoms with Crippen LogP contribution in [0.1, 0.15) is 0 Å². The number of rotatable bonds is 0. The maximum atomic E-state index is 8.54. The molecular weight excluding hydrogens is 799 g/mol. The van der Waals surface area contributed by atoms with Crippen LogP contribution in [0, 0.1) is 0 Å². The van der Waals surface area contributed by atoms with Gasteiger partial charge in [0.25, 0.3) is 0 Å². The molecule has 0 saturated carbocycles. The van der Waals surface area contributed by atoms with Crippen molar-refractivity contribution < 1.29 is 36.6 Å². The molecule has 0 bridgehead atoms. The van der Waals surface area contributed by atoms with E-state index in [9.17, 15) is 0 Å². The zero-order valence-electron chi connectivity index (χ0n) is 5.79. The second-order valence-corrected chi connectivity index (χ2v) is 3.18. The van der Waals surface area contributed by atoms with Gasteiger partial charge in [-0.1, -0.05) is 0 Å². The molecule has 82 valence electrons. The summed E-state index contributed by atoms with van der Waals surface area (Å²) in [5.74, 6) is 0. The zero-order chi connectivity index (χ0) is 10.7. The van der Waals surface area contributed by atoms with Gasteiger partial charge in [-0.05, 0) is 0 Å². The maximum absolute atomic E-state index is 8.54. The maximum Gasteiger partial charge on any atom is 3.00 e. The summed E-state index contributed by atoms with van der Waals surface area (Å²) in [5, 5.41) is 0. The Bertz CT molecular complexity index is 116. The Labute approximate surface area is 131 Å². The molecule has 0 saturated heterocycles. The van der Waals surface area contributed by atoms with Crippen molar-refractivity contribution in [3.05, 3.63) is 0 Å². The van der Waals surface area contributed by atoms with Crippen LogP contribution in [-0.4, -0.2) is 95.9 Å². The van der Waals surface area contributed by atoms with Crippen LogP contribution in [0.5, 0.6) is 0 Å². The standard InChI is InChI=1S/2Bi.3H2O3Se/c;;3*1-4(2)3/h;;3*(H2,1,2,3)/q2*+3;;;/p-6. The Kier molecular flexibility index (Phi) is 52.7. The van der Waals surface area contributed by atoms with E-state index in [0.29, 0.717) is 0 Å². The van der Waals surface area contributed by atoms with Crippen molar-refractivity contribution in [1.82, 2.24) is 0 Å². The summed E-state index contributed by atoms with van der Waals surface area (Å²) in [7, 11) is 0. The summed E-state index contributed by atoms with van der Waals surface area (Å²) in [6, 6.07) is 0. The van der Waals surface area contributed by atoms with E-state index >= 15 is 0 Å². The van der Waals surface area contributed by atoms with E-state index in [0.717, 1.165) is 0 Å². The van der Waals surface area contributed by atoms with Gasteiger partial charge in [-0.25, -0.2) is 0 Å². The Morgan fingerprint density at radius 2 is 0.500 bits per heavy atom. The van der Waals surface area contributed by atoms with Gasteiger partial charge in [0, 0.05) is 0 Å². The summed E-state index contributed by atoms with van der Waals surface area (Å²) in [6.45, 7) is 0. The van der Waals surface area contributed by atoms with E-state index in [1.807, 2.05) is 0 Å². The SMILES string of the molecule is O=[Se]([O-])[O-].O=[Se]([O-])[O-].O=[Se]([O-])[O-].[Bi+3].[Bi+3]. The van der Waals surface area contributed by atoms with Crippen LogP contribution in [0.3, 0.4) is 0 Å². The fourth-order valence-corrected chi connectivity index (χ4v) is 0. The summed E-state index contributed by atoms with van der Waals surface area (Å²) in [6.07, 6.45) is 0. The molecular formula is Bi2O9Se3. The predicted octanol–water partition coefficient (Wildman–Crippen LogP) is -9.39. The fourth-order valence-electron chi connectivity index (χ4n) is 0. The monoisotopic (exact) mass is 802 g/mol. The predicted molar refractivity (Wildman–Crippen MR) is 30.8 cm³/mol. The minimum Gasteiger partial charge on any atom is 3.00 e. The third-order valence-corrected chi connectivity index (χ3v) is 0. The quantitative estimate of drug-likeness (QED) is 0.215. The minimum atomic E-state index is -3.79. The van der Waals surface area contributed by atoms with Crippen molar-refractivity contribution in [2.75, 3.05) is 0 Å². The van der Waals surface area contributed by atoms with E-state index in [1.54, 1.807) is 0 Å². The van der Waals surface area contributed by atoms with Gasteiger partial charge in [-0.3, -0.25) is 0 Å². The van der Waals surface area contributed by atoms with E-state index in [1.165, 1.54) is 0 Å². The van der Waals surface area contributed by atoms with Crippen LogP contribution in [0.15, 0.2) is 0 Å². The zero-order valence-corrected chi connectivity index (χ0v) is 17.9. The van der Waals surface area contributed by atoms with Gasteiger partial charge in [-0.2, -0.15) is 0 Å². The van der Waals surface area contributed by atoms with Gasteiger partial charge in [0.15, 0.2) is 0 Å². The molecule has 4 radical (unpaired) electrons. The molecule has 0 rings (SSSR count). The van der Waals surface area contributed by atoms with Crippen molar-refractivity contribution in [3.63, 3.8) is 0 Å². The molecule has 0 aromatic rings. The van der Waals surface area contributed by atoms with E-state index in [4.69, 9.17) is 36.6 Å². The molecule has 0 unspecified atom stereocenters. The molecule has 0 N–H and O–H groups in total. The van der Waals surface area contributed by atoms with Gasteiger partial charge in [0.05, 0.1) is 0 Å². The average Bonchev–Trinajstić information content (AvgIpc) is 1.54. The molecule has 0 aliphatic carbocycles. The third-order valence-electron chi connectivity index (χ3n) is 0. The van der Waals surface area contributed by atoms with Gasteiger partial charge in [0.2, 0.25) is 0 Å². The molecule has 0 aromatic carbocycles. The van der Waals surface area contributed by atoms with Gasteiger partial charge >= 0.3 is 133 Å². The van der Waals surface area contributed by atoms with Crippen LogP contribution in [0.25, 0.3) is 0 Å². The molecule has 0 heterocycles. The Hall–Kier alpha value is 2.48. The molecule has 0 amide bonds. The van der Waals surface area contributed by atoms with Crippen molar-refractivity contribution in [2.24, 2.45) is 0 Å². The number of hydrogen-bond donors (Lipinski definition) is 0. The molecule has 0 aliphatic rings. The minimum absolute atomic E-state index is 0. The fraction of sp³-hybridized carbons (Fsp3) is 0. The molecule has 14 heavy (non-hydrogen) atoms. The Morgan fingerprint density at radius 3 is 0.500 bits per heavy atom. The van der Waals surface area contributed by atoms with Crippen LogP contribution in [-0.2, 0) is 11.5 Å². The van der Waals surface area contributed by atoms with Crippen molar-refractivity contribution in [3.8, 4) is 0 Å². The summed E-state index contributed by atoms with van der Waals surface area (Å²) in [4.78, 5) is 0. The smallest absolute Gasteiger partial charge is 3.00 e. The summed E-state index contributed by atoms with van der Waals surface area (Å²) >= 11 is -11.4. The molecule has 14 heteroatoms. The molecule has 9 nitrogen and oxygen atoms in total. The Balaban J connectivity index is -0.0000000270. The van der Waals surface area contributed by atoms with Gasteiger partial charge < -0.3 is 0 Å². The second kappa shape index (κ2) is 24.6. The normalized spacial score (nSPS) is 7.50. The van der Waals surface area contributed by atoms with E-state index < -0.39 is 43.5 Å². The van der Waals surface area contributed by atoms with Crippen molar-refractivity contribution in [1.29, 1.82) is 0 Å². The van der Waals surface area contributed by atoms with Gasteiger partial charge in [-0.15, -0.1) is 0 Å². The molecule has 0 aliphatic heterocycles. The number of hydrogen-bond acceptors (Lipinski definition) is 9. The first kappa shape index (κ1) is 30.0. The molecule has 0 spiro atoms. The van der Waals surface area contributed by atoms with Crippen LogP contribution in [0.4, 0.5) is 0 Å². The van der Waals surface area contributed by atoms with Gasteiger partial charge in [0.1, 0.15) is 0 Å². The van der Waals surface area contributed by atoms with E-state index in [2.05, 4.69) is 0 Å². The van der Waals surface area contributed by atoms with Crippen LogP contribution in [0.2, 0.25) is 0 Å². The third kappa shape index (κ3) is 427.